The maximum absolute atomic E-state index is 12.4. The monoisotopic (exact) mass is 424 g/mol. The van der Waals surface area contributed by atoms with Gasteiger partial charge >= 0.3 is 5.97 Å². The molecule has 0 aliphatic carbocycles. The largest absolute Gasteiger partial charge is 0.480 e. The van der Waals surface area contributed by atoms with Gasteiger partial charge in [0.15, 0.2) is 0 Å². The highest BCUT2D eigenvalue weighted by atomic mass is 16.4. The molecule has 1 rings (SSSR count). The minimum absolute atomic E-state index is 0.207. The summed E-state index contributed by atoms with van der Waals surface area (Å²) in [6.07, 6.45) is -1.16. The van der Waals surface area contributed by atoms with Gasteiger partial charge < -0.3 is 37.0 Å². The first kappa shape index (κ1) is 25.0. The van der Waals surface area contributed by atoms with Crippen molar-refractivity contribution >= 4 is 23.7 Å². The number of benzene rings is 1. The second-order valence-corrected chi connectivity index (χ2v) is 6.84. The Morgan fingerprint density at radius 3 is 2.07 bits per heavy atom. The number of carbonyl (C=O) groups is 4. The third kappa shape index (κ3) is 7.78. The Hall–Kier alpha value is -3.02. The summed E-state index contributed by atoms with van der Waals surface area (Å²) in [5.41, 5.74) is 6.66. The summed E-state index contributed by atoms with van der Waals surface area (Å²) < 4.78 is 0. The number of aliphatic hydroxyl groups is 2. The second-order valence-electron chi connectivity index (χ2n) is 6.84. The third-order valence-electron chi connectivity index (χ3n) is 4.24. The van der Waals surface area contributed by atoms with Crippen LogP contribution in [0.25, 0.3) is 0 Å². The van der Waals surface area contributed by atoms with Gasteiger partial charge in [-0.15, -0.1) is 0 Å². The van der Waals surface area contributed by atoms with E-state index in [2.05, 4.69) is 16.0 Å². The topological polar surface area (TPSA) is 191 Å². The summed E-state index contributed by atoms with van der Waals surface area (Å²) >= 11 is 0. The highest BCUT2D eigenvalue weighted by molar-refractivity contribution is 5.94. The quantitative estimate of drug-likeness (QED) is 0.202. The number of hydrogen-bond acceptors (Lipinski definition) is 7. The van der Waals surface area contributed by atoms with Crippen molar-refractivity contribution in [3.8, 4) is 0 Å². The van der Waals surface area contributed by atoms with Crippen LogP contribution in [-0.2, 0) is 25.6 Å². The van der Waals surface area contributed by atoms with E-state index in [1.807, 2.05) is 6.07 Å². The summed E-state index contributed by atoms with van der Waals surface area (Å²) in [5, 5.41) is 34.7. The number of aliphatic carboxylic acids is 1. The Balaban J connectivity index is 2.73. The zero-order valence-corrected chi connectivity index (χ0v) is 16.7. The minimum atomic E-state index is -1.50. The minimum Gasteiger partial charge on any atom is -0.480 e. The van der Waals surface area contributed by atoms with Crippen LogP contribution in [-0.4, -0.2) is 75.9 Å². The molecule has 3 amide bonds. The molecular weight excluding hydrogens is 396 g/mol. The van der Waals surface area contributed by atoms with E-state index in [1.165, 1.54) is 13.8 Å². The van der Waals surface area contributed by atoms with Crippen molar-refractivity contribution in [1.82, 2.24) is 16.0 Å². The molecule has 1 aromatic carbocycles. The van der Waals surface area contributed by atoms with Crippen molar-refractivity contribution in [1.29, 1.82) is 0 Å². The SMILES string of the molecule is CC(NC(=O)C(NC(=O)C(CO)NC(=O)C(N)Cc1ccccc1)C(C)O)C(=O)O. The van der Waals surface area contributed by atoms with E-state index in [0.29, 0.717) is 0 Å². The van der Waals surface area contributed by atoms with Gasteiger partial charge in [-0.25, -0.2) is 0 Å². The molecule has 0 bridgehead atoms. The maximum atomic E-state index is 12.4. The zero-order chi connectivity index (χ0) is 22.8. The molecule has 11 nitrogen and oxygen atoms in total. The number of carboxylic acids is 1. The third-order valence-corrected chi connectivity index (χ3v) is 4.24. The van der Waals surface area contributed by atoms with Gasteiger partial charge in [0, 0.05) is 0 Å². The van der Waals surface area contributed by atoms with Crippen LogP contribution in [0.2, 0.25) is 0 Å². The average molecular weight is 424 g/mol. The number of carbonyl (C=O) groups excluding carboxylic acids is 3. The van der Waals surface area contributed by atoms with Gasteiger partial charge in [-0.1, -0.05) is 30.3 Å². The van der Waals surface area contributed by atoms with Crippen LogP contribution in [0.1, 0.15) is 19.4 Å². The number of rotatable bonds is 11. The number of aliphatic hydroxyl groups excluding tert-OH is 2. The number of nitrogens with one attached hydrogen (secondary N) is 3. The number of nitrogens with two attached hydrogens (primary N) is 1. The van der Waals surface area contributed by atoms with Gasteiger partial charge in [-0.2, -0.15) is 0 Å². The van der Waals surface area contributed by atoms with E-state index in [0.717, 1.165) is 5.56 Å². The highest BCUT2D eigenvalue weighted by Gasteiger charge is 2.31. The molecule has 30 heavy (non-hydrogen) atoms. The van der Waals surface area contributed by atoms with Gasteiger partial charge in [-0.3, -0.25) is 19.2 Å². The fraction of sp³-hybridized carbons (Fsp3) is 0.474. The van der Waals surface area contributed by atoms with Crippen molar-refractivity contribution in [2.75, 3.05) is 6.61 Å². The normalized spacial score (nSPS) is 15.8. The molecule has 0 fully saturated rings. The Labute approximate surface area is 173 Å². The lowest BCUT2D eigenvalue weighted by Crippen LogP contribution is -2.60. The van der Waals surface area contributed by atoms with Gasteiger partial charge in [0.05, 0.1) is 18.8 Å². The van der Waals surface area contributed by atoms with E-state index < -0.39 is 60.6 Å². The molecule has 1 aromatic rings. The van der Waals surface area contributed by atoms with Gasteiger partial charge in [-0.05, 0) is 25.8 Å². The van der Waals surface area contributed by atoms with Gasteiger partial charge in [0.25, 0.3) is 0 Å². The van der Waals surface area contributed by atoms with E-state index in [9.17, 15) is 29.4 Å². The molecular formula is C19H28N4O7. The molecule has 0 spiro atoms. The van der Waals surface area contributed by atoms with Crippen LogP contribution >= 0.6 is 0 Å². The molecule has 0 saturated carbocycles. The molecule has 0 aliphatic rings. The standard InChI is InChI=1S/C19H28N4O7/c1-10(19(29)30)21-18(28)15(11(2)25)23-17(27)14(9-24)22-16(26)13(20)8-12-6-4-3-5-7-12/h3-7,10-11,13-15,24-25H,8-9,20H2,1-2H3,(H,21,28)(H,22,26)(H,23,27)(H,29,30). The van der Waals surface area contributed by atoms with E-state index in [1.54, 1.807) is 24.3 Å². The first-order valence-electron chi connectivity index (χ1n) is 9.29. The van der Waals surface area contributed by atoms with Crippen LogP contribution < -0.4 is 21.7 Å². The Kier molecular flexibility index (Phi) is 9.89. The van der Waals surface area contributed by atoms with Gasteiger partial charge in [0.1, 0.15) is 18.1 Å². The predicted molar refractivity (Wildman–Crippen MR) is 106 cm³/mol. The second kappa shape index (κ2) is 11.9. The Morgan fingerprint density at radius 1 is 0.967 bits per heavy atom. The molecule has 166 valence electrons. The molecule has 5 atom stereocenters. The Bertz CT molecular complexity index is 742. The van der Waals surface area contributed by atoms with Crippen LogP contribution in [0.3, 0.4) is 0 Å². The van der Waals surface area contributed by atoms with E-state index in [-0.39, 0.29) is 6.42 Å². The van der Waals surface area contributed by atoms with Crippen molar-refractivity contribution in [3.63, 3.8) is 0 Å². The van der Waals surface area contributed by atoms with Crippen LogP contribution in [0, 0.1) is 0 Å². The molecule has 0 saturated heterocycles. The van der Waals surface area contributed by atoms with Crippen LogP contribution in [0.5, 0.6) is 0 Å². The molecule has 0 radical (unpaired) electrons. The number of carboxylic acid groups (broad SMARTS) is 1. The average Bonchev–Trinajstić information content (AvgIpc) is 2.69. The molecule has 0 heterocycles. The summed E-state index contributed by atoms with van der Waals surface area (Å²) in [4.78, 5) is 47.7. The fourth-order valence-corrected chi connectivity index (χ4v) is 2.46. The van der Waals surface area contributed by atoms with Crippen LogP contribution in [0.15, 0.2) is 30.3 Å². The zero-order valence-electron chi connectivity index (χ0n) is 16.7. The first-order chi connectivity index (χ1) is 14.1. The predicted octanol–water partition coefficient (Wildman–Crippen LogP) is -2.51. The summed E-state index contributed by atoms with van der Waals surface area (Å²) in [7, 11) is 0. The fourth-order valence-electron chi connectivity index (χ4n) is 2.46. The summed E-state index contributed by atoms with van der Waals surface area (Å²) in [5.74, 6) is -3.86. The summed E-state index contributed by atoms with van der Waals surface area (Å²) in [6.45, 7) is 1.65. The number of hydrogen-bond donors (Lipinski definition) is 7. The lowest BCUT2D eigenvalue weighted by molar-refractivity contribution is -0.142. The molecule has 0 aromatic heterocycles. The smallest absolute Gasteiger partial charge is 0.325 e. The lowest BCUT2D eigenvalue weighted by atomic mass is 10.1. The van der Waals surface area contributed by atoms with Crippen LogP contribution in [0.4, 0.5) is 0 Å². The van der Waals surface area contributed by atoms with E-state index >= 15 is 0 Å². The molecule has 8 N–H and O–H groups in total. The van der Waals surface area contributed by atoms with Crippen molar-refractivity contribution in [2.45, 2.75) is 50.5 Å². The molecule has 11 heteroatoms. The first-order valence-corrected chi connectivity index (χ1v) is 9.29. The highest BCUT2D eigenvalue weighted by Crippen LogP contribution is 2.03. The summed E-state index contributed by atoms with van der Waals surface area (Å²) in [6, 6.07) is 3.80. The van der Waals surface area contributed by atoms with Gasteiger partial charge in [0.2, 0.25) is 17.7 Å². The van der Waals surface area contributed by atoms with Crippen molar-refractivity contribution in [2.24, 2.45) is 5.73 Å². The maximum Gasteiger partial charge on any atom is 0.325 e. The Morgan fingerprint density at radius 2 is 1.57 bits per heavy atom. The van der Waals surface area contributed by atoms with E-state index in [4.69, 9.17) is 10.8 Å². The lowest BCUT2D eigenvalue weighted by Gasteiger charge is -2.25. The molecule has 5 unspecified atom stereocenters. The number of amides is 3. The van der Waals surface area contributed by atoms with Crippen molar-refractivity contribution < 1.29 is 34.5 Å². The van der Waals surface area contributed by atoms with Crippen molar-refractivity contribution in [3.05, 3.63) is 35.9 Å². The molecule has 0 aliphatic heterocycles.